The van der Waals surface area contributed by atoms with E-state index in [9.17, 15) is 31.2 Å². The van der Waals surface area contributed by atoms with Gasteiger partial charge in [0.25, 0.3) is 0 Å². The molecule has 0 unspecified atom stereocenters. The van der Waals surface area contributed by atoms with Crippen molar-refractivity contribution < 1.29 is 31.2 Å². The van der Waals surface area contributed by atoms with Crippen molar-refractivity contribution in [2.75, 3.05) is 11.1 Å². The molecule has 1 aromatic carbocycles. The minimum Gasteiger partial charge on any atom is -0.369 e. The molecule has 0 spiro atoms. The van der Waals surface area contributed by atoms with Crippen LogP contribution in [0, 0.1) is 6.92 Å². The lowest BCUT2D eigenvalue weighted by atomic mass is 10.2. The van der Waals surface area contributed by atoms with Crippen LogP contribution in [0.4, 0.5) is 18.3 Å². The van der Waals surface area contributed by atoms with E-state index in [-0.39, 0.29) is 10.9 Å². The number of thioether (sulfide) groups is 1. The Morgan fingerprint density at radius 2 is 1.93 bits per heavy atom. The van der Waals surface area contributed by atoms with Crippen LogP contribution in [0.5, 0.6) is 0 Å². The number of aryl methyl sites for hydroxylation is 1. The number of rotatable bonds is 8. The van der Waals surface area contributed by atoms with Crippen LogP contribution in [-0.4, -0.2) is 37.0 Å². The molecule has 164 valence electrons. The van der Waals surface area contributed by atoms with Gasteiger partial charge in [0.1, 0.15) is 0 Å². The van der Waals surface area contributed by atoms with E-state index in [2.05, 4.69) is 10.3 Å². The number of nitrogens with two attached hydrogens (primary N) is 1. The number of aromatic nitrogens is 1. The molecule has 0 aliphatic rings. The van der Waals surface area contributed by atoms with E-state index in [4.69, 9.17) is 5.73 Å². The number of nitrogens with zero attached hydrogens (tertiary/aromatic N) is 1. The summed E-state index contributed by atoms with van der Waals surface area (Å²) in [5.41, 5.74) is 4.28. The lowest BCUT2D eigenvalue weighted by Gasteiger charge is -2.16. The summed E-state index contributed by atoms with van der Waals surface area (Å²) in [6.45, 7) is 2.84. The van der Waals surface area contributed by atoms with Gasteiger partial charge in [-0.1, -0.05) is 23.5 Å². The van der Waals surface area contributed by atoms with Gasteiger partial charge in [0.2, 0.25) is 21.8 Å². The number of nitrogens with one attached hydrogen (secondary N) is 2. The molecule has 0 saturated carbocycles. The first-order chi connectivity index (χ1) is 13.8. The molecule has 2 rings (SSSR count). The maximum absolute atomic E-state index is 13.1. The molecule has 0 aliphatic heterocycles. The Balaban J connectivity index is 2.13. The Morgan fingerprint density at radius 1 is 1.30 bits per heavy atom. The monoisotopic (exact) mass is 482 g/mol. The molecule has 8 nitrogen and oxygen atoms in total. The summed E-state index contributed by atoms with van der Waals surface area (Å²) in [6.07, 6.45) is -4.88. The van der Waals surface area contributed by atoms with Crippen LogP contribution < -0.4 is 15.8 Å². The van der Waals surface area contributed by atoms with E-state index in [1.165, 1.54) is 6.92 Å². The molecule has 0 radical (unpaired) electrons. The Hall–Kier alpha value is -2.16. The second-order valence-corrected chi connectivity index (χ2v) is 9.90. The second-order valence-electron chi connectivity index (χ2n) is 5.97. The molecule has 0 bridgehead atoms. The van der Waals surface area contributed by atoms with E-state index < -0.39 is 44.5 Å². The van der Waals surface area contributed by atoms with E-state index in [0.717, 1.165) is 41.3 Å². The molecule has 0 fully saturated rings. The maximum atomic E-state index is 13.1. The first-order valence-corrected chi connectivity index (χ1v) is 11.5. The van der Waals surface area contributed by atoms with Crippen molar-refractivity contribution in [3.63, 3.8) is 0 Å². The number of benzene rings is 1. The normalized spacial score (nSPS) is 13.1. The van der Waals surface area contributed by atoms with Crippen molar-refractivity contribution in [2.45, 2.75) is 35.2 Å². The van der Waals surface area contributed by atoms with Crippen LogP contribution in [-0.2, 0) is 25.8 Å². The fourth-order valence-electron chi connectivity index (χ4n) is 2.21. The number of carbonyl (C=O) groups excluding carboxylic acids is 2. The highest BCUT2D eigenvalue weighted by atomic mass is 32.2. The summed E-state index contributed by atoms with van der Waals surface area (Å²) < 4.78 is 66.7. The van der Waals surface area contributed by atoms with Gasteiger partial charge in [0.05, 0.1) is 32.2 Å². The number of thiazole rings is 1. The Bertz CT molecular complexity index is 1050. The quantitative estimate of drug-likeness (QED) is 0.495. The van der Waals surface area contributed by atoms with Crippen LogP contribution in [0.3, 0.4) is 0 Å². The highest BCUT2D eigenvalue weighted by molar-refractivity contribution is 8.01. The summed E-state index contributed by atoms with van der Waals surface area (Å²) in [4.78, 5) is 26.3. The molecule has 4 N–H and O–H groups in total. The van der Waals surface area contributed by atoms with Crippen molar-refractivity contribution in [1.29, 1.82) is 0 Å². The summed E-state index contributed by atoms with van der Waals surface area (Å²) in [6, 6.07) is 2.28. The Labute approximate surface area is 178 Å². The van der Waals surface area contributed by atoms with E-state index in [0.29, 0.717) is 16.0 Å². The predicted molar refractivity (Wildman–Crippen MR) is 107 cm³/mol. The number of alkyl halides is 3. The van der Waals surface area contributed by atoms with Gasteiger partial charge in [0, 0.05) is 0 Å². The number of amides is 2. The van der Waals surface area contributed by atoms with E-state index in [1.54, 1.807) is 6.92 Å². The zero-order chi connectivity index (χ0) is 22.7. The van der Waals surface area contributed by atoms with Crippen molar-refractivity contribution >= 4 is 50.1 Å². The van der Waals surface area contributed by atoms with Gasteiger partial charge in [-0.3, -0.25) is 9.59 Å². The lowest BCUT2D eigenvalue weighted by Crippen LogP contribution is -2.42. The molecule has 2 amide bonds. The zero-order valence-corrected chi connectivity index (χ0v) is 18.1. The predicted octanol–water partition coefficient (Wildman–Crippen LogP) is 2.35. The fourth-order valence-corrected chi connectivity index (χ4v) is 5.52. The average Bonchev–Trinajstić information content (AvgIpc) is 2.98. The minimum absolute atomic E-state index is 0.0191. The molecule has 2 aromatic rings. The van der Waals surface area contributed by atoms with Gasteiger partial charge in [-0.25, -0.2) is 13.4 Å². The number of hydrogen-bond donors (Lipinski definition) is 3. The molecule has 14 heteroatoms. The van der Waals surface area contributed by atoms with Crippen molar-refractivity contribution in [2.24, 2.45) is 5.73 Å². The maximum Gasteiger partial charge on any atom is 0.417 e. The molecule has 1 aromatic heterocycles. The highest BCUT2D eigenvalue weighted by Gasteiger charge is 2.37. The molecular formula is C16H17F3N4O4S3. The topological polar surface area (TPSA) is 131 Å². The number of carbonyl (C=O) groups is 2. The highest BCUT2D eigenvalue weighted by Crippen LogP contribution is 2.34. The molecular weight excluding hydrogens is 465 g/mol. The van der Waals surface area contributed by atoms with Gasteiger partial charge >= 0.3 is 6.18 Å². The summed E-state index contributed by atoms with van der Waals surface area (Å²) in [5.74, 6) is -1.32. The first-order valence-electron chi connectivity index (χ1n) is 8.19. The molecule has 30 heavy (non-hydrogen) atoms. The van der Waals surface area contributed by atoms with Crippen molar-refractivity contribution in [3.05, 3.63) is 35.5 Å². The number of anilines is 1. The lowest BCUT2D eigenvalue weighted by molar-refractivity contribution is -0.139. The standard InChI is InChI=1S/C16H17F3N4O4S3/c1-8(13(25)22-15-21-9(2)14(29-15)28-7-12(20)24)23-30(26,27)11-6-4-3-5-10(11)16(17,18)19/h3-6,8,23H,7H2,1-2H3,(H2,20,24)(H,21,22,25)/t8-/m0/s1. The van der Waals surface area contributed by atoms with Gasteiger partial charge in [0.15, 0.2) is 5.13 Å². The third-order valence-corrected chi connectivity index (χ3v) is 7.59. The SMILES string of the molecule is Cc1nc(NC(=O)[C@H](C)NS(=O)(=O)c2ccccc2C(F)(F)F)sc1SCC(N)=O. The smallest absolute Gasteiger partial charge is 0.369 e. The zero-order valence-electron chi connectivity index (χ0n) is 15.6. The molecule has 1 atom stereocenters. The third-order valence-electron chi connectivity index (χ3n) is 3.54. The Morgan fingerprint density at radius 3 is 2.53 bits per heavy atom. The number of sulfonamides is 1. The van der Waals surface area contributed by atoms with Crippen LogP contribution in [0.2, 0.25) is 0 Å². The molecule has 1 heterocycles. The molecule has 0 aliphatic carbocycles. The Kier molecular flexibility index (Phi) is 7.49. The summed E-state index contributed by atoms with van der Waals surface area (Å²) in [5, 5.41) is 2.54. The van der Waals surface area contributed by atoms with E-state index >= 15 is 0 Å². The van der Waals surface area contributed by atoms with E-state index in [1.807, 2.05) is 4.72 Å². The van der Waals surface area contributed by atoms with Crippen molar-refractivity contribution in [1.82, 2.24) is 9.71 Å². The number of primary amides is 1. The second kappa shape index (κ2) is 9.32. The van der Waals surface area contributed by atoms with Crippen LogP contribution >= 0.6 is 23.1 Å². The average molecular weight is 483 g/mol. The van der Waals surface area contributed by atoms with Crippen LogP contribution in [0.15, 0.2) is 33.4 Å². The van der Waals surface area contributed by atoms with Gasteiger partial charge in [-0.15, -0.1) is 11.8 Å². The van der Waals surface area contributed by atoms with Gasteiger partial charge in [-0.05, 0) is 26.0 Å². The summed E-state index contributed by atoms with van der Waals surface area (Å²) in [7, 11) is -4.64. The summed E-state index contributed by atoms with van der Waals surface area (Å²) >= 11 is 2.19. The fraction of sp³-hybridized carbons (Fsp3) is 0.312. The van der Waals surface area contributed by atoms with Crippen LogP contribution in [0.25, 0.3) is 0 Å². The molecule has 0 saturated heterocycles. The van der Waals surface area contributed by atoms with Gasteiger partial charge < -0.3 is 11.1 Å². The van der Waals surface area contributed by atoms with Gasteiger partial charge in [-0.2, -0.15) is 17.9 Å². The number of hydrogen-bond acceptors (Lipinski definition) is 7. The third kappa shape index (κ3) is 6.17. The first kappa shape index (κ1) is 24.1. The number of halogens is 3. The van der Waals surface area contributed by atoms with Crippen molar-refractivity contribution in [3.8, 4) is 0 Å². The van der Waals surface area contributed by atoms with Crippen LogP contribution in [0.1, 0.15) is 18.2 Å². The largest absolute Gasteiger partial charge is 0.417 e. The minimum atomic E-state index is -4.88.